The Bertz CT molecular complexity index is 350. The van der Waals surface area contributed by atoms with Crippen LogP contribution in [0.3, 0.4) is 0 Å². The molecule has 0 heterocycles. The first kappa shape index (κ1) is 14.9. The Balaban J connectivity index is 2.59. The molecular weight excluding hydrogens is 250 g/mol. The second-order valence-corrected chi connectivity index (χ2v) is 6.47. The highest BCUT2D eigenvalue weighted by atomic mass is 35.5. The van der Waals surface area contributed by atoms with Gasteiger partial charge in [0.25, 0.3) is 0 Å². The largest absolute Gasteiger partial charge is 0.310 e. The topological polar surface area (TPSA) is 12.0 Å². The standard InChI is InChI=1S/C14H22ClNS/c1-10(2)9-17-14-6-5-12(7-13(14)15)8-16-11(3)4/h5-7,10-11,16H,8-9H2,1-4H3. The van der Waals surface area contributed by atoms with E-state index in [2.05, 4.69) is 51.2 Å². The van der Waals surface area contributed by atoms with Crippen molar-refractivity contribution in [1.82, 2.24) is 5.32 Å². The van der Waals surface area contributed by atoms with Gasteiger partial charge in [0.2, 0.25) is 0 Å². The average molecular weight is 272 g/mol. The van der Waals surface area contributed by atoms with Crippen LogP contribution in [0, 0.1) is 5.92 Å². The lowest BCUT2D eigenvalue weighted by atomic mass is 10.2. The quantitative estimate of drug-likeness (QED) is 0.760. The maximum atomic E-state index is 6.28. The zero-order chi connectivity index (χ0) is 12.8. The van der Waals surface area contributed by atoms with Crippen molar-refractivity contribution in [2.75, 3.05) is 5.75 Å². The molecule has 17 heavy (non-hydrogen) atoms. The van der Waals surface area contributed by atoms with Gasteiger partial charge in [0.05, 0.1) is 5.02 Å². The van der Waals surface area contributed by atoms with Gasteiger partial charge in [-0.05, 0) is 23.6 Å². The Morgan fingerprint density at radius 1 is 1.24 bits per heavy atom. The summed E-state index contributed by atoms with van der Waals surface area (Å²) in [4.78, 5) is 1.19. The third-order valence-electron chi connectivity index (χ3n) is 2.28. The summed E-state index contributed by atoms with van der Waals surface area (Å²) < 4.78 is 0. The van der Waals surface area contributed by atoms with Crippen LogP contribution < -0.4 is 5.32 Å². The van der Waals surface area contributed by atoms with Crippen molar-refractivity contribution < 1.29 is 0 Å². The van der Waals surface area contributed by atoms with Gasteiger partial charge >= 0.3 is 0 Å². The van der Waals surface area contributed by atoms with E-state index in [9.17, 15) is 0 Å². The summed E-state index contributed by atoms with van der Waals surface area (Å²) in [6.45, 7) is 9.62. The molecule has 1 aromatic carbocycles. The number of halogens is 1. The van der Waals surface area contributed by atoms with Crippen LogP contribution in [0.5, 0.6) is 0 Å². The van der Waals surface area contributed by atoms with Gasteiger partial charge in [-0.1, -0.05) is 45.4 Å². The molecule has 0 aromatic heterocycles. The van der Waals surface area contributed by atoms with E-state index in [4.69, 9.17) is 11.6 Å². The van der Waals surface area contributed by atoms with E-state index < -0.39 is 0 Å². The minimum atomic E-state index is 0.503. The molecule has 1 aromatic rings. The van der Waals surface area contributed by atoms with E-state index in [1.165, 1.54) is 10.5 Å². The summed E-state index contributed by atoms with van der Waals surface area (Å²) in [5.41, 5.74) is 1.25. The molecule has 0 spiro atoms. The zero-order valence-electron chi connectivity index (χ0n) is 11.1. The Hall–Kier alpha value is -0.180. The summed E-state index contributed by atoms with van der Waals surface area (Å²) in [5, 5.41) is 4.27. The monoisotopic (exact) mass is 271 g/mol. The van der Waals surface area contributed by atoms with Crippen LogP contribution in [-0.2, 0) is 6.54 Å². The van der Waals surface area contributed by atoms with Crippen molar-refractivity contribution in [3.05, 3.63) is 28.8 Å². The first-order valence-corrected chi connectivity index (χ1v) is 7.50. The number of nitrogens with one attached hydrogen (secondary N) is 1. The highest BCUT2D eigenvalue weighted by molar-refractivity contribution is 7.99. The van der Waals surface area contributed by atoms with Crippen LogP contribution in [0.25, 0.3) is 0 Å². The maximum absolute atomic E-state index is 6.28. The molecule has 1 N–H and O–H groups in total. The highest BCUT2D eigenvalue weighted by Gasteiger charge is 2.04. The molecule has 3 heteroatoms. The smallest absolute Gasteiger partial charge is 0.0545 e. The van der Waals surface area contributed by atoms with E-state index in [0.717, 1.165) is 17.3 Å². The van der Waals surface area contributed by atoms with Gasteiger partial charge in [-0.15, -0.1) is 11.8 Å². The lowest BCUT2D eigenvalue weighted by Gasteiger charge is -2.11. The molecule has 96 valence electrons. The summed E-state index contributed by atoms with van der Waals surface area (Å²) in [7, 11) is 0. The molecule has 0 aliphatic rings. The van der Waals surface area contributed by atoms with Crippen LogP contribution in [0.15, 0.2) is 23.1 Å². The molecule has 1 rings (SSSR count). The summed E-state index contributed by atoms with van der Waals surface area (Å²) in [5.74, 6) is 1.81. The maximum Gasteiger partial charge on any atom is 0.0545 e. The van der Waals surface area contributed by atoms with Crippen molar-refractivity contribution in [1.29, 1.82) is 0 Å². The Morgan fingerprint density at radius 2 is 1.94 bits per heavy atom. The second-order valence-electron chi connectivity index (χ2n) is 5.01. The second kappa shape index (κ2) is 7.30. The number of hydrogen-bond donors (Lipinski definition) is 1. The SMILES string of the molecule is CC(C)CSc1ccc(CNC(C)C)cc1Cl. The first-order chi connectivity index (χ1) is 7.99. The minimum Gasteiger partial charge on any atom is -0.310 e. The molecule has 0 saturated carbocycles. The molecule has 1 nitrogen and oxygen atoms in total. The zero-order valence-corrected chi connectivity index (χ0v) is 12.7. The summed E-state index contributed by atoms with van der Waals surface area (Å²) in [6.07, 6.45) is 0. The van der Waals surface area contributed by atoms with E-state index in [1.807, 2.05) is 11.8 Å². The molecule has 0 amide bonds. The van der Waals surface area contributed by atoms with E-state index >= 15 is 0 Å². The molecule has 0 atom stereocenters. The molecule has 0 aliphatic carbocycles. The number of rotatable bonds is 6. The van der Waals surface area contributed by atoms with Crippen LogP contribution >= 0.6 is 23.4 Å². The van der Waals surface area contributed by atoms with Gasteiger partial charge in [-0.2, -0.15) is 0 Å². The van der Waals surface area contributed by atoms with Gasteiger partial charge in [0.1, 0.15) is 0 Å². The molecule has 0 saturated heterocycles. The van der Waals surface area contributed by atoms with Crippen molar-refractivity contribution in [2.24, 2.45) is 5.92 Å². The average Bonchev–Trinajstić information content (AvgIpc) is 2.24. The fourth-order valence-corrected chi connectivity index (χ4v) is 2.59. The molecular formula is C14H22ClNS. The summed E-state index contributed by atoms with van der Waals surface area (Å²) in [6, 6.07) is 6.86. The van der Waals surface area contributed by atoms with E-state index in [1.54, 1.807) is 0 Å². The molecule has 0 radical (unpaired) electrons. The lowest BCUT2D eigenvalue weighted by Crippen LogP contribution is -2.21. The highest BCUT2D eigenvalue weighted by Crippen LogP contribution is 2.29. The van der Waals surface area contributed by atoms with Gasteiger partial charge in [0.15, 0.2) is 0 Å². The van der Waals surface area contributed by atoms with Gasteiger partial charge in [-0.3, -0.25) is 0 Å². The van der Waals surface area contributed by atoms with Crippen molar-refractivity contribution >= 4 is 23.4 Å². The Morgan fingerprint density at radius 3 is 2.47 bits per heavy atom. The van der Waals surface area contributed by atoms with E-state index in [-0.39, 0.29) is 0 Å². The molecule has 0 bridgehead atoms. The molecule has 0 unspecified atom stereocenters. The normalized spacial score (nSPS) is 11.5. The number of hydrogen-bond acceptors (Lipinski definition) is 2. The summed E-state index contributed by atoms with van der Waals surface area (Å²) >= 11 is 8.12. The van der Waals surface area contributed by atoms with Crippen LogP contribution in [0.1, 0.15) is 33.3 Å². The number of benzene rings is 1. The third-order valence-corrected chi connectivity index (χ3v) is 4.21. The Labute approximate surface area is 114 Å². The van der Waals surface area contributed by atoms with Crippen LogP contribution in [0.2, 0.25) is 5.02 Å². The fraction of sp³-hybridized carbons (Fsp3) is 0.571. The lowest BCUT2D eigenvalue weighted by molar-refractivity contribution is 0.588. The number of thioether (sulfide) groups is 1. The van der Waals surface area contributed by atoms with Crippen LogP contribution in [-0.4, -0.2) is 11.8 Å². The van der Waals surface area contributed by atoms with E-state index in [0.29, 0.717) is 12.0 Å². The van der Waals surface area contributed by atoms with Gasteiger partial charge in [-0.25, -0.2) is 0 Å². The molecule has 0 aliphatic heterocycles. The fourth-order valence-electron chi connectivity index (χ4n) is 1.35. The van der Waals surface area contributed by atoms with Crippen molar-refractivity contribution in [3.8, 4) is 0 Å². The van der Waals surface area contributed by atoms with Gasteiger partial charge < -0.3 is 5.32 Å². The Kier molecular flexibility index (Phi) is 6.39. The van der Waals surface area contributed by atoms with Crippen molar-refractivity contribution in [2.45, 2.75) is 45.2 Å². The molecule has 0 fully saturated rings. The minimum absolute atomic E-state index is 0.503. The predicted molar refractivity (Wildman–Crippen MR) is 79.0 cm³/mol. The predicted octanol–water partition coefficient (Wildman–Crippen LogP) is 4.59. The van der Waals surface area contributed by atoms with Gasteiger partial charge in [0, 0.05) is 23.2 Å². The van der Waals surface area contributed by atoms with Crippen molar-refractivity contribution in [3.63, 3.8) is 0 Å². The first-order valence-electron chi connectivity index (χ1n) is 6.13. The third kappa shape index (κ3) is 5.80. The van der Waals surface area contributed by atoms with Crippen LogP contribution in [0.4, 0.5) is 0 Å².